The molecule has 0 spiro atoms. The van der Waals surface area contributed by atoms with Crippen LogP contribution >= 0.6 is 11.3 Å². The number of aromatic nitrogens is 1. The first kappa shape index (κ1) is 16.2. The predicted octanol–water partition coefficient (Wildman–Crippen LogP) is 4.82. The summed E-state index contributed by atoms with van der Waals surface area (Å²) in [4.78, 5) is 16.4. The van der Waals surface area contributed by atoms with Crippen molar-refractivity contribution >= 4 is 29.5 Å². The number of esters is 1. The van der Waals surface area contributed by atoms with Crippen molar-refractivity contribution < 1.29 is 9.53 Å². The summed E-state index contributed by atoms with van der Waals surface area (Å²) in [6, 6.07) is 11.7. The van der Waals surface area contributed by atoms with Gasteiger partial charge in [-0.05, 0) is 46.2 Å². The number of rotatable bonds is 2. The number of hydrogen-bond donors (Lipinski definition) is 0. The molecule has 1 aliphatic rings. The average molecular weight is 358 g/mol. The highest BCUT2D eigenvalue weighted by Gasteiger charge is 2.26. The van der Waals surface area contributed by atoms with Gasteiger partial charge in [0.1, 0.15) is 0 Å². The van der Waals surface area contributed by atoms with E-state index in [2.05, 4.69) is 16.4 Å². The predicted molar refractivity (Wildman–Crippen MR) is 101 cm³/mol. The van der Waals surface area contributed by atoms with Crippen LogP contribution in [0.25, 0.3) is 23.3 Å². The molecule has 1 atom stereocenters. The lowest BCUT2D eigenvalue weighted by atomic mass is 9.94. The van der Waals surface area contributed by atoms with Crippen molar-refractivity contribution in [2.45, 2.75) is 13.0 Å². The molecule has 2 aromatic heterocycles. The molecule has 4 rings (SSSR count). The molecule has 0 fully saturated rings. The van der Waals surface area contributed by atoms with Crippen molar-refractivity contribution in [2.75, 3.05) is 0 Å². The molecule has 1 unspecified atom stereocenters. The van der Waals surface area contributed by atoms with Crippen LogP contribution in [0.3, 0.4) is 0 Å². The van der Waals surface area contributed by atoms with Crippen LogP contribution in [-0.4, -0.2) is 11.0 Å². The van der Waals surface area contributed by atoms with E-state index in [9.17, 15) is 10.1 Å². The number of nitrogens with zero attached hydrogens (tertiary/aromatic N) is 2. The Morgan fingerprint density at radius 1 is 1.23 bits per heavy atom. The third kappa shape index (κ3) is 2.81. The summed E-state index contributed by atoms with van der Waals surface area (Å²) < 4.78 is 5.67. The fourth-order valence-corrected chi connectivity index (χ4v) is 3.81. The van der Waals surface area contributed by atoms with E-state index in [1.54, 1.807) is 17.4 Å². The molecule has 126 valence electrons. The topological polar surface area (TPSA) is 63.0 Å². The van der Waals surface area contributed by atoms with Gasteiger partial charge in [0.15, 0.2) is 6.10 Å². The second-order valence-corrected chi connectivity index (χ2v) is 6.73. The molecule has 0 amide bonds. The van der Waals surface area contributed by atoms with Crippen molar-refractivity contribution in [1.29, 1.82) is 5.26 Å². The minimum Gasteiger partial charge on any atom is -0.453 e. The molecule has 1 aliphatic carbocycles. The molecule has 0 bridgehead atoms. The molecule has 0 N–H and O–H groups in total. The fraction of sp³-hybridized carbons (Fsp3) is 0.0952. The Hall–Kier alpha value is -3.23. The summed E-state index contributed by atoms with van der Waals surface area (Å²) >= 11 is 1.62. The van der Waals surface area contributed by atoms with Crippen molar-refractivity contribution in [3.63, 3.8) is 0 Å². The zero-order valence-corrected chi connectivity index (χ0v) is 14.8. The number of fused-ring (bicyclic) bond motifs is 2. The van der Waals surface area contributed by atoms with Gasteiger partial charge in [0, 0.05) is 29.8 Å². The lowest BCUT2D eigenvalue weighted by molar-refractivity contribution is -0.144. The minimum absolute atomic E-state index is 0.378. The highest BCUT2D eigenvalue weighted by atomic mass is 32.1. The average Bonchev–Trinajstić information content (AvgIpc) is 3.14. The van der Waals surface area contributed by atoms with Gasteiger partial charge in [0.05, 0.1) is 17.3 Å². The number of carbonyl (C=O) groups excluding carboxylic acids is 1. The number of pyridine rings is 1. The van der Waals surface area contributed by atoms with Crippen molar-refractivity contribution in [3.05, 3.63) is 75.2 Å². The molecule has 2 heterocycles. The van der Waals surface area contributed by atoms with Gasteiger partial charge in [0.2, 0.25) is 0 Å². The highest BCUT2D eigenvalue weighted by Crippen LogP contribution is 2.38. The second kappa shape index (κ2) is 6.58. The Morgan fingerprint density at radius 2 is 2.12 bits per heavy atom. The van der Waals surface area contributed by atoms with Gasteiger partial charge >= 0.3 is 5.97 Å². The molecule has 0 saturated heterocycles. The first-order valence-electron chi connectivity index (χ1n) is 8.08. The van der Waals surface area contributed by atoms with E-state index in [1.165, 1.54) is 6.92 Å². The van der Waals surface area contributed by atoms with Crippen LogP contribution in [0.4, 0.5) is 0 Å². The van der Waals surface area contributed by atoms with E-state index in [-0.39, 0.29) is 5.97 Å². The highest BCUT2D eigenvalue weighted by molar-refractivity contribution is 7.08. The Labute approximate surface area is 155 Å². The number of ether oxygens (including phenoxy) is 1. The maximum atomic E-state index is 11.8. The molecule has 0 saturated carbocycles. The summed E-state index contributed by atoms with van der Waals surface area (Å²) in [5.74, 6) is -0.378. The number of nitriles is 1. The largest absolute Gasteiger partial charge is 0.453 e. The van der Waals surface area contributed by atoms with E-state index in [4.69, 9.17) is 4.74 Å². The number of benzene rings is 1. The zero-order valence-electron chi connectivity index (χ0n) is 14.0. The standard InChI is InChI=1S/C21H14N2O2S/c1-13(24)25-21-18-4-2-3-14(10-22)17(18)5-6-20-19(21)9-16(11-23-20)15-7-8-26-12-15/h2-9,11-12,21H,1H3. The second-order valence-electron chi connectivity index (χ2n) is 5.95. The third-order valence-corrected chi connectivity index (χ3v) is 5.00. The summed E-state index contributed by atoms with van der Waals surface area (Å²) in [5.41, 5.74) is 5.68. The molecular weight excluding hydrogens is 344 g/mol. The Balaban J connectivity index is 1.94. The SMILES string of the molecule is CC(=O)OC1c2cc(-c3ccsc3)cnc2C=Cc2c(C#N)cccc21. The molecule has 3 aromatic rings. The van der Waals surface area contributed by atoms with Crippen LogP contribution in [0.2, 0.25) is 0 Å². The van der Waals surface area contributed by atoms with Crippen molar-refractivity contribution in [2.24, 2.45) is 0 Å². The summed E-state index contributed by atoms with van der Waals surface area (Å²) in [6.45, 7) is 1.39. The van der Waals surface area contributed by atoms with Gasteiger partial charge in [-0.3, -0.25) is 9.78 Å². The molecule has 0 radical (unpaired) electrons. The van der Waals surface area contributed by atoms with Gasteiger partial charge in [-0.2, -0.15) is 16.6 Å². The van der Waals surface area contributed by atoms with E-state index < -0.39 is 6.10 Å². The molecule has 0 aliphatic heterocycles. The molecular formula is C21H14N2O2S. The quantitative estimate of drug-likeness (QED) is 0.616. The Bertz CT molecular complexity index is 1060. The van der Waals surface area contributed by atoms with Crippen LogP contribution in [0.15, 0.2) is 47.3 Å². The first-order valence-corrected chi connectivity index (χ1v) is 9.02. The zero-order chi connectivity index (χ0) is 18.1. The van der Waals surface area contributed by atoms with Gasteiger partial charge < -0.3 is 4.74 Å². The van der Waals surface area contributed by atoms with Crippen molar-refractivity contribution in [3.8, 4) is 17.2 Å². The van der Waals surface area contributed by atoms with Gasteiger partial charge in [-0.15, -0.1) is 0 Å². The molecule has 4 nitrogen and oxygen atoms in total. The van der Waals surface area contributed by atoms with E-state index in [0.717, 1.165) is 33.5 Å². The number of thiophene rings is 1. The normalized spacial score (nSPS) is 14.7. The monoisotopic (exact) mass is 358 g/mol. The summed E-state index contributed by atoms with van der Waals surface area (Å²) in [5, 5.41) is 13.5. The first-order chi connectivity index (χ1) is 12.7. The smallest absolute Gasteiger partial charge is 0.303 e. The molecule has 26 heavy (non-hydrogen) atoms. The van der Waals surface area contributed by atoms with Crippen LogP contribution in [-0.2, 0) is 9.53 Å². The van der Waals surface area contributed by atoms with Gasteiger partial charge in [0.25, 0.3) is 0 Å². The summed E-state index contributed by atoms with van der Waals surface area (Å²) in [6.07, 6.45) is 4.95. The molecule has 5 heteroatoms. The van der Waals surface area contributed by atoms with E-state index in [1.807, 2.05) is 48.0 Å². The van der Waals surface area contributed by atoms with Crippen LogP contribution in [0.1, 0.15) is 41.0 Å². The summed E-state index contributed by atoms with van der Waals surface area (Å²) in [7, 11) is 0. The van der Waals surface area contributed by atoms with Crippen LogP contribution in [0, 0.1) is 11.3 Å². The fourth-order valence-electron chi connectivity index (χ4n) is 3.15. The Morgan fingerprint density at radius 3 is 2.85 bits per heavy atom. The van der Waals surface area contributed by atoms with Gasteiger partial charge in [-0.1, -0.05) is 18.2 Å². The third-order valence-electron chi connectivity index (χ3n) is 4.32. The van der Waals surface area contributed by atoms with Crippen molar-refractivity contribution in [1.82, 2.24) is 4.98 Å². The minimum atomic E-state index is -0.605. The molecule has 1 aromatic carbocycles. The maximum absolute atomic E-state index is 11.8. The lowest BCUT2D eigenvalue weighted by Gasteiger charge is -2.20. The van der Waals surface area contributed by atoms with Crippen LogP contribution in [0.5, 0.6) is 0 Å². The lowest BCUT2D eigenvalue weighted by Crippen LogP contribution is -2.13. The van der Waals surface area contributed by atoms with E-state index >= 15 is 0 Å². The number of carbonyl (C=O) groups is 1. The van der Waals surface area contributed by atoms with Gasteiger partial charge in [-0.25, -0.2) is 0 Å². The van der Waals surface area contributed by atoms with Crippen LogP contribution < -0.4 is 0 Å². The van der Waals surface area contributed by atoms with E-state index in [0.29, 0.717) is 5.56 Å². The number of hydrogen-bond acceptors (Lipinski definition) is 5. The Kier molecular flexibility index (Phi) is 4.11. The maximum Gasteiger partial charge on any atom is 0.303 e.